The van der Waals surface area contributed by atoms with E-state index in [2.05, 4.69) is 29.3 Å². The van der Waals surface area contributed by atoms with E-state index in [1.807, 2.05) is 12.1 Å². The zero-order valence-corrected chi connectivity index (χ0v) is 14.0. The van der Waals surface area contributed by atoms with Gasteiger partial charge in [0.05, 0.1) is 0 Å². The molecule has 1 atom stereocenters. The Morgan fingerprint density at radius 3 is 2.41 bits per heavy atom. The molecular weight excluding hydrogens is 296 g/mol. The third-order valence-electron chi connectivity index (χ3n) is 4.91. The van der Waals surface area contributed by atoms with Crippen molar-refractivity contribution in [2.75, 3.05) is 13.1 Å². The first-order valence-electron chi connectivity index (χ1n) is 8.47. The number of nitrogens with one attached hydrogen (secondary N) is 1. The van der Waals surface area contributed by atoms with E-state index in [0.29, 0.717) is 18.0 Å². The standard InChI is InChI=1S/C18H25ClN2O/c1-2-17(13-5-7-15(19)8-6-13)21-11-9-16(10-12-21)20-18(22)14-3-4-14/h5-8,14,16-17H,2-4,9-12H2,1H3,(H,20,22)/t17-/m0/s1. The van der Waals surface area contributed by atoms with Crippen molar-refractivity contribution < 1.29 is 4.79 Å². The van der Waals surface area contributed by atoms with Crippen molar-refractivity contribution in [2.45, 2.75) is 51.1 Å². The normalized spacial score (nSPS) is 21.5. The second kappa shape index (κ2) is 7.01. The molecule has 0 spiro atoms. The number of rotatable bonds is 5. The van der Waals surface area contributed by atoms with Crippen LogP contribution in [0.3, 0.4) is 0 Å². The van der Waals surface area contributed by atoms with Gasteiger partial charge < -0.3 is 5.32 Å². The highest BCUT2D eigenvalue weighted by Crippen LogP contribution is 2.31. The molecule has 1 amide bonds. The minimum Gasteiger partial charge on any atom is -0.353 e. The maximum Gasteiger partial charge on any atom is 0.223 e. The molecule has 1 aliphatic carbocycles. The predicted octanol–water partition coefficient (Wildman–Crippen LogP) is 3.78. The largest absolute Gasteiger partial charge is 0.353 e. The summed E-state index contributed by atoms with van der Waals surface area (Å²) in [6.45, 7) is 4.34. The van der Waals surface area contributed by atoms with Crippen molar-refractivity contribution in [2.24, 2.45) is 5.92 Å². The van der Waals surface area contributed by atoms with Gasteiger partial charge in [0.25, 0.3) is 0 Å². The van der Waals surface area contributed by atoms with Gasteiger partial charge in [-0.1, -0.05) is 30.7 Å². The molecule has 1 aromatic carbocycles. The minimum atomic E-state index is 0.281. The van der Waals surface area contributed by atoms with E-state index in [0.717, 1.165) is 50.2 Å². The lowest BCUT2D eigenvalue weighted by Crippen LogP contribution is -2.46. The Kier molecular flexibility index (Phi) is 5.04. The Morgan fingerprint density at radius 2 is 1.86 bits per heavy atom. The summed E-state index contributed by atoms with van der Waals surface area (Å²) in [6.07, 6.45) is 5.38. The fraction of sp³-hybridized carbons (Fsp3) is 0.611. The van der Waals surface area contributed by atoms with Gasteiger partial charge in [-0.05, 0) is 49.8 Å². The molecule has 1 aliphatic heterocycles. The van der Waals surface area contributed by atoms with Gasteiger partial charge >= 0.3 is 0 Å². The van der Waals surface area contributed by atoms with Crippen LogP contribution in [0.25, 0.3) is 0 Å². The third-order valence-corrected chi connectivity index (χ3v) is 5.16. The smallest absolute Gasteiger partial charge is 0.223 e. The van der Waals surface area contributed by atoms with E-state index in [-0.39, 0.29) is 5.91 Å². The fourth-order valence-corrected chi connectivity index (χ4v) is 3.54. The summed E-state index contributed by atoms with van der Waals surface area (Å²) in [5, 5.41) is 4.01. The van der Waals surface area contributed by atoms with Gasteiger partial charge in [-0.3, -0.25) is 9.69 Å². The van der Waals surface area contributed by atoms with E-state index in [1.54, 1.807) is 0 Å². The number of nitrogens with zero attached hydrogens (tertiary/aromatic N) is 1. The number of hydrogen-bond acceptors (Lipinski definition) is 2. The molecule has 120 valence electrons. The summed E-state index contributed by atoms with van der Waals surface area (Å²) in [6, 6.07) is 9.05. The number of carbonyl (C=O) groups excluding carboxylic acids is 1. The van der Waals surface area contributed by atoms with Crippen molar-refractivity contribution in [3.05, 3.63) is 34.9 Å². The highest BCUT2D eigenvalue weighted by Gasteiger charge is 2.32. The van der Waals surface area contributed by atoms with Crippen LogP contribution < -0.4 is 5.32 Å². The molecule has 4 heteroatoms. The average molecular weight is 321 g/mol. The molecule has 1 N–H and O–H groups in total. The van der Waals surface area contributed by atoms with Crippen LogP contribution in [0.15, 0.2) is 24.3 Å². The van der Waals surface area contributed by atoms with Gasteiger partial charge in [-0.15, -0.1) is 0 Å². The minimum absolute atomic E-state index is 0.281. The molecule has 3 rings (SSSR count). The van der Waals surface area contributed by atoms with Crippen LogP contribution in [0.2, 0.25) is 5.02 Å². The summed E-state index contributed by atoms with van der Waals surface area (Å²) in [5.41, 5.74) is 1.34. The first-order chi connectivity index (χ1) is 10.7. The van der Waals surface area contributed by atoms with Crippen LogP contribution in [0, 0.1) is 5.92 Å². The van der Waals surface area contributed by atoms with Gasteiger partial charge in [-0.2, -0.15) is 0 Å². The lowest BCUT2D eigenvalue weighted by molar-refractivity contribution is -0.123. The Hall–Kier alpha value is -1.06. The van der Waals surface area contributed by atoms with Crippen molar-refractivity contribution in [3.63, 3.8) is 0 Å². The van der Waals surface area contributed by atoms with Crippen LogP contribution in [0.4, 0.5) is 0 Å². The maximum absolute atomic E-state index is 11.9. The van der Waals surface area contributed by atoms with E-state index in [9.17, 15) is 4.79 Å². The Bertz CT molecular complexity index is 504. The second-order valence-corrected chi connectivity index (χ2v) is 7.01. The highest BCUT2D eigenvalue weighted by atomic mass is 35.5. The SMILES string of the molecule is CC[C@@H](c1ccc(Cl)cc1)N1CCC(NC(=O)C2CC2)CC1. The highest BCUT2D eigenvalue weighted by molar-refractivity contribution is 6.30. The van der Waals surface area contributed by atoms with Crippen LogP contribution in [0.5, 0.6) is 0 Å². The Balaban J connectivity index is 1.54. The van der Waals surface area contributed by atoms with Crippen LogP contribution in [0.1, 0.15) is 50.6 Å². The van der Waals surface area contributed by atoms with E-state index >= 15 is 0 Å². The lowest BCUT2D eigenvalue weighted by atomic mass is 9.97. The van der Waals surface area contributed by atoms with Crippen molar-refractivity contribution in [3.8, 4) is 0 Å². The van der Waals surface area contributed by atoms with E-state index in [4.69, 9.17) is 11.6 Å². The third kappa shape index (κ3) is 3.82. The number of halogens is 1. The molecular formula is C18H25ClN2O. The van der Waals surface area contributed by atoms with Gasteiger partial charge in [0.1, 0.15) is 0 Å². The number of amides is 1. The molecule has 22 heavy (non-hydrogen) atoms. The summed E-state index contributed by atoms with van der Waals surface area (Å²) in [4.78, 5) is 14.4. The second-order valence-electron chi connectivity index (χ2n) is 6.57. The van der Waals surface area contributed by atoms with E-state index in [1.165, 1.54) is 5.56 Å². The van der Waals surface area contributed by atoms with E-state index < -0.39 is 0 Å². The fourth-order valence-electron chi connectivity index (χ4n) is 3.41. The van der Waals surface area contributed by atoms with Gasteiger partial charge in [0, 0.05) is 36.1 Å². The van der Waals surface area contributed by atoms with Crippen molar-refractivity contribution >= 4 is 17.5 Å². The van der Waals surface area contributed by atoms with Crippen LogP contribution in [-0.4, -0.2) is 29.9 Å². The van der Waals surface area contributed by atoms with Crippen LogP contribution in [-0.2, 0) is 4.79 Å². The molecule has 0 unspecified atom stereocenters. The molecule has 0 radical (unpaired) electrons. The molecule has 1 aromatic rings. The molecule has 0 aromatic heterocycles. The molecule has 1 heterocycles. The molecule has 2 aliphatic rings. The molecule has 1 saturated carbocycles. The average Bonchev–Trinajstić information content (AvgIpc) is 3.36. The topological polar surface area (TPSA) is 32.3 Å². The quantitative estimate of drug-likeness (QED) is 0.895. The predicted molar refractivity (Wildman–Crippen MR) is 89.9 cm³/mol. The van der Waals surface area contributed by atoms with Crippen LogP contribution >= 0.6 is 11.6 Å². The monoisotopic (exact) mass is 320 g/mol. The molecule has 0 bridgehead atoms. The van der Waals surface area contributed by atoms with Gasteiger partial charge in [0.15, 0.2) is 0 Å². The molecule has 3 nitrogen and oxygen atoms in total. The molecule has 2 fully saturated rings. The Morgan fingerprint density at radius 1 is 1.23 bits per heavy atom. The van der Waals surface area contributed by atoms with Gasteiger partial charge in [-0.25, -0.2) is 0 Å². The van der Waals surface area contributed by atoms with Gasteiger partial charge in [0.2, 0.25) is 5.91 Å². The first kappa shape index (κ1) is 15.8. The maximum atomic E-state index is 11.9. The Labute approximate surface area is 138 Å². The first-order valence-corrected chi connectivity index (χ1v) is 8.85. The zero-order valence-electron chi connectivity index (χ0n) is 13.2. The number of piperidine rings is 1. The number of benzene rings is 1. The zero-order chi connectivity index (χ0) is 15.5. The number of hydrogen-bond donors (Lipinski definition) is 1. The summed E-state index contributed by atoms with van der Waals surface area (Å²) in [5.74, 6) is 0.596. The summed E-state index contributed by atoms with van der Waals surface area (Å²) >= 11 is 5.99. The summed E-state index contributed by atoms with van der Waals surface area (Å²) in [7, 11) is 0. The number of carbonyl (C=O) groups is 1. The van der Waals surface area contributed by atoms with Crippen molar-refractivity contribution in [1.29, 1.82) is 0 Å². The summed E-state index contributed by atoms with van der Waals surface area (Å²) < 4.78 is 0. The number of likely N-dealkylation sites (tertiary alicyclic amines) is 1. The molecule has 1 saturated heterocycles. The van der Waals surface area contributed by atoms with Crippen molar-refractivity contribution in [1.82, 2.24) is 10.2 Å². The lowest BCUT2D eigenvalue weighted by Gasteiger charge is -2.37.